The van der Waals surface area contributed by atoms with Gasteiger partial charge in [-0.25, -0.2) is 5.01 Å². The molecule has 0 saturated carbocycles. The van der Waals surface area contributed by atoms with Gasteiger partial charge in [0.15, 0.2) is 0 Å². The minimum atomic E-state index is -0.808. The van der Waals surface area contributed by atoms with Gasteiger partial charge in [-0.3, -0.25) is 19.3 Å². The molecule has 0 radical (unpaired) electrons. The minimum absolute atomic E-state index is 0.206. The van der Waals surface area contributed by atoms with Crippen molar-refractivity contribution in [1.82, 2.24) is 19.8 Å². The molecule has 1 atom stereocenters. The highest BCUT2D eigenvalue weighted by molar-refractivity contribution is 6.10. The van der Waals surface area contributed by atoms with E-state index in [0.717, 1.165) is 34.4 Å². The Kier molecular flexibility index (Phi) is 5.04. The summed E-state index contributed by atoms with van der Waals surface area (Å²) >= 11 is 0. The Morgan fingerprint density at radius 2 is 1.93 bits per heavy atom. The second-order valence-electron chi connectivity index (χ2n) is 6.77. The van der Waals surface area contributed by atoms with E-state index in [1.54, 1.807) is 18.7 Å². The van der Waals surface area contributed by atoms with Crippen LogP contribution in [0.3, 0.4) is 0 Å². The molecule has 1 aromatic carbocycles. The van der Waals surface area contributed by atoms with Crippen LogP contribution in [0, 0.1) is 18.8 Å². The summed E-state index contributed by atoms with van der Waals surface area (Å²) in [4.78, 5) is 26.1. The number of aryl methyl sites for hydroxylation is 3. The minimum Gasteiger partial charge on any atom is -0.275 e. The SMILES string of the molecule is CC#Cc1cc(C)c(C2C(=O)N(C)N(Cc3ccn(C)n3)C2=O)c(CC)c1. The molecule has 3 rings (SSSR count). The Bertz CT molecular complexity index is 964. The van der Waals surface area contributed by atoms with Crippen LogP contribution in [0.15, 0.2) is 24.4 Å². The molecule has 1 fully saturated rings. The Morgan fingerprint density at radius 1 is 1.19 bits per heavy atom. The molecule has 27 heavy (non-hydrogen) atoms. The molecule has 0 aliphatic carbocycles. The summed E-state index contributed by atoms with van der Waals surface area (Å²) in [5.74, 6) is 4.75. The first-order chi connectivity index (χ1) is 12.9. The van der Waals surface area contributed by atoms with E-state index in [1.807, 2.05) is 45.3 Å². The first-order valence-electron chi connectivity index (χ1n) is 9.00. The summed E-state index contributed by atoms with van der Waals surface area (Å²) < 4.78 is 1.68. The van der Waals surface area contributed by atoms with Crippen molar-refractivity contribution in [3.05, 3.63) is 52.3 Å². The normalized spacial score (nSPS) is 16.7. The first kappa shape index (κ1) is 18.7. The molecule has 0 N–H and O–H groups in total. The lowest BCUT2D eigenvalue weighted by Gasteiger charge is -2.22. The van der Waals surface area contributed by atoms with Crippen LogP contribution >= 0.6 is 0 Å². The quantitative estimate of drug-likeness (QED) is 0.617. The van der Waals surface area contributed by atoms with Crippen LogP contribution in [0.2, 0.25) is 0 Å². The fourth-order valence-electron chi connectivity index (χ4n) is 3.63. The van der Waals surface area contributed by atoms with Crippen LogP contribution in [-0.4, -0.2) is 38.7 Å². The summed E-state index contributed by atoms with van der Waals surface area (Å²) in [5, 5.41) is 7.22. The zero-order chi connectivity index (χ0) is 19.7. The van der Waals surface area contributed by atoms with Crippen molar-refractivity contribution in [3.8, 4) is 11.8 Å². The van der Waals surface area contributed by atoms with Gasteiger partial charge in [-0.05, 0) is 55.2 Å². The summed E-state index contributed by atoms with van der Waals surface area (Å²) in [6.45, 7) is 6.04. The number of benzene rings is 1. The average molecular weight is 364 g/mol. The summed E-state index contributed by atoms with van der Waals surface area (Å²) in [6.07, 6.45) is 2.55. The van der Waals surface area contributed by atoms with E-state index in [2.05, 4.69) is 16.9 Å². The van der Waals surface area contributed by atoms with Gasteiger partial charge in [-0.2, -0.15) is 5.10 Å². The molecule has 1 aliphatic heterocycles. The van der Waals surface area contributed by atoms with Crippen LogP contribution in [0.4, 0.5) is 0 Å². The maximum Gasteiger partial charge on any atom is 0.258 e. The third-order valence-corrected chi connectivity index (χ3v) is 4.92. The van der Waals surface area contributed by atoms with Crippen LogP contribution in [0.5, 0.6) is 0 Å². The van der Waals surface area contributed by atoms with Crippen LogP contribution in [0.25, 0.3) is 0 Å². The highest BCUT2D eigenvalue weighted by Crippen LogP contribution is 2.34. The zero-order valence-electron chi connectivity index (χ0n) is 16.4. The molecule has 140 valence electrons. The third-order valence-electron chi connectivity index (χ3n) is 4.92. The number of amides is 2. The van der Waals surface area contributed by atoms with Gasteiger partial charge < -0.3 is 0 Å². The molecule has 0 bridgehead atoms. The number of aromatic nitrogens is 2. The van der Waals surface area contributed by atoms with E-state index in [-0.39, 0.29) is 18.4 Å². The standard InChI is InChI=1S/C21H24N4O2/c1-6-8-15-11-14(3)18(16(7-2)12-15)19-20(26)24(5)25(21(19)27)13-17-9-10-23(4)22-17/h9-12,19H,7,13H2,1-5H3. The van der Waals surface area contributed by atoms with Crippen molar-refractivity contribution in [2.45, 2.75) is 39.7 Å². The predicted molar refractivity (Wildman–Crippen MR) is 102 cm³/mol. The molecule has 0 spiro atoms. The maximum absolute atomic E-state index is 13.2. The smallest absolute Gasteiger partial charge is 0.258 e. The molecule has 6 nitrogen and oxygen atoms in total. The molecule has 2 amide bonds. The monoisotopic (exact) mass is 364 g/mol. The van der Waals surface area contributed by atoms with Crippen molar-refractivity contribution < 1.29 is 9.59 Å². The van der Waals surface area contributed by atoms with E-state index in [4.69, 9.17) is 0 Å². The zero-order valence-corrected chi connectivity index (χ0v) is 16.4. The first-order valence-corrected chi connectivity index (χ1v) is 9.00. The Hall–Kier alpha value is -3.07. The van der Waals surface area contributed by atoms with E-state index in [9.17, 15) is 9.59 Å². The molecule has 2 heterocycles. The van der Waals surface area contributed by atoms with Crippen molar-refractivity contribution in [1.29, 1.82) is 0 Å². The number of carbonyl (C=O) groups is 2. The van der Waals surface area contributed by atoms with Gasteiger partial charge in [-0.1, -0.05) is 12.8 Å². The van der Waals surface area contributed by atoms with Crippen LogP contribution < -0.4 is 0 Å². The predicted octanol–water partition coefficient (Wildman–Crippen LogP) is 2.16. The Balaban J connectivity index is 2.00. The lowest BCUT2D eigenvalue weighted by atomic mass is 9.87. The van der Waals surface area contributed by atoms with E-state index >= 15 is 0 Å². The molecular formula is C21H24N4O2. The summed E-state index contributed by atoms with van der Waals surface area (Å²) in [7, 11) is 3.46. The molecular weight excluding hydrogens is 340 g/mol. The van der Waals surface area contributed by atoms with Crippen molar-refractivity contribution in [2.24, 2.45) is 7.05 Å². The molecule has 1 saturated heterocycles. The molecule has 1 aliphatic rings. The van der Waals surface area contributed by atoms with Crippen molar-refractivity contribution >= 4 is 11.8 Å². The number of hydrogen-bond acceptors (Lipinski definition) is 3. The number of hydrogen-bond donors (Lipinski definition) is 0. The lowest BCUT2D eigenvalue weighted by Crippen LogP contribution is -2.37. The molecule has 1 aromatic heterocycles. The Labute approximate surface area is 159 Å². The molecule has 2 aromatic rings. The molecule has 6 heteroatoms. The van der Waals surface area contributed by atoms with Gasteiger partial charge in [0.25, 0.3) is 11.8 Å². The second-order valence-corrected chi connectivity index (χ2v) is 6.77. The number of nitrogens with zero attached hydrogens (tertiary/aromatic N) is 4. The lowest BCUT2D eigenvalue weighted by molar-refractivity contribution is -0.145. The van der Waals surface area contributed by atoms with Gasteiger partial charge in [0.2, 0.25) is 0 Å². The van der Waals surface area contributed by atoms with E-state index in [1.165, 1.54) is 10.0 Å². The van der Waals surface area contributed by atoms with Gasteiger partial charge in [0, 0.05) is 25.9 Å². The van der Waals surface area contributed by atoms with Crippen LogP contribution in [0.1, 0.15) is 47.7 Å². The number of rotatable bonds is 4. The summed E-state index contributed by atoms with van der Waals surface area (Å²) in [6, 6.07) is 5.79. The number of carbonyl (C=O) groups excluding carboxylic acids is 2. The molecule has 1 unspecified atom stereocenters. The van der Waals surface area contributed by atoms with E-state index in [0.29, 0.717) is 0 Å². The number of hydrazine groups is 1. The average Bonchev–Trinajstić information content (AvgIpc) is 3.13. The van der Waals surface area contributed by atoms with E-state index < -0.39 is 5.92 Å². The highest BCUT2D eigenvalue weighted by atomic mass is 16.2. The van der Waals surface area contributed by atoms with Crippen molar-refractivity contribution in [3.63, 3.8) is 0 Å². The van der Waals surface area contributed by atoms with Gasteiger partial charge >= 0.3 is 0 Å². The topological polar surface area (TPSA) is 58.4 Å². The summed E-state index contributed by atoms with van der Waals surface area (Å²) in [5.41, 5.74) is 4.38. The Morgan fingerprint density at radius 3 is 2.52 bits per heavy atom. The van der Waals surface area contributed by atoms with Gasteiger partial charge in [0.1, 0.15) is 5.92 Å². The fraction of sp³-hybridized carbons (Fsp3) is 0.381. The second kappa shape index (κ2) is 7.28. The van der Waals surface area contributed by atoms with Gasteiger partial charge in [0.05, 0.1) is 12.2 Å². The van der Waals surface area contributed by atoms with Gasteiger partial charge in [-0.15, -0.1) is 5.92 Å². The number of likely N-dealkylation sites (N-methyl/N-ethyl adjacent to an activating group) is 1. The maximum atomic E-state index is 13.2. The third kappa shape index (κ3) is 3.33. The highest BCUT2D eigenvalue weighted by Gasteiger charge is 2.46. The fourth-order valence-corrected chi connectivity index (χ4v) is 3.63. The largest absolute Gasteiger partial charge is 0.275 e. The van der Waals surface area contributed by atoms with Crippen LogP contribution in [-0.2, 0) is 29.6 Å². The van der Waals surface area contributed by atoms with Crippen molar-refractivity contribution in [2.75, 3.05) is 7.05 Å².